The number of carbonyl (C=O) groups is 1. The zero-order valence-corrected chi connectivity index (χ0v) is 28.9. The third kappa shape index (κ3) is 6.17. The highest BCUT2D eigenvalue weighted by Crippen LogP contribution is 2.51. The predicted molar refractivity (Wildman–Crippen MR) is 183 cm³/mol. The Bertz CT molecular complexity index is 2030. The highest BCUT2D eigenvalue weighted by Gasteiger charge is 2.41. The average Bonchev–Trinajstić information content (AvgIpc) is 3.37. The number of nitrogens with zero attached hydrogens (tertiary/aromatic N) is 7. The fourth-order valence-corrected chi connectivity index (χ4v) is 7.88. The average molecular weight is 730 g/mol. The molecule has 2 fully saturated rings. The number of aryl methyl sites for hydroxylation is 1. The van der Waals surface area contributed by atoms with Crippen LogP contribution in [-0.4, -0.2) is 87.1 Å². The highest BCUT2D eigenvalue weighted by molar-refractivity contribution is 6.36. The second-order valence-electron chi connectivity index (χ2n) is 13.1. The van der Waals surface area contributed by atoms with E-state index in [0.29, 0.717) is 25.2 Å². The zero-order chi connectivity index (χ0) is 36.4. The van der Waals surface area contributed by atoms with E-state index in [-0.39, 0.29) is 83.4 Å². The SMILES string of the molecule is CC(=O)N1CCN2[C@H](COc3nc4c5c(c(Cl)c(-c6nc(N)cc(C)c6C(F)(F)F)c(F)c5n3)OCCN4[C@H](C)c3cccnc3N)CC[C@H]2C1. The molecule has 3 atom stereocenters. The van der Waals surface area contributed by atoms with Crippen molar-refractivity contribution in [3.8, 4) is 23.0 Å². The minimum Gasteiger partial charge on any atom is -0.489 e. The van der Waals surface area contributed by atoms with Crippen LogP contribution < -0.4 is 25.8 Å². The first-order valence-corrected chi connectivity index (χ1v) is 16.9. The molecule has 4 N–H and O–H groups in total. The van der Waals surface area contributed by atoms with Gasteiger partial charge in [0.2, 0.25) is 5.91 Å². The molecule has 1 aromatic carbocycles. The molecule has 17 heteroatoms. The fraction of sp³-hybridized carbons (Fsp3) is 0.441. The molecule has 1 amide bonds. The maximum atomic E-state index is 17.0. The summed E-state index contributed by atoms with van der Waals surface area (Å²) in [6, 6.07) is 4.11. The van der Waals surface area contributed by atoms with Gasteiger partial charge in [0.15, 0.2) is 11.6 Å². The third-order valence-electron chi connectivity index (χ3n) is 10.0. The largest absolute Gasteiger partial charge is 0.489 e. The number of halogens is 5. The van der Waals surface area contributed by atoms with Crippen molar-refractivity contribution in [3.63, 3.8) is 0 Å². The second kappa shape index (κ2) is 13.1. The number of hydrogen-bond acceptors (Lipinski definition) is 11. The molecule has 3 aromatic heterocycles. The van der Waals surface area contributed by atoms with Crippen LogP contribution >= 0.6 is 11.6 Å². The summed E-state index contributed by atoms with van der Waals surface area (Å²) in [7, 11) is 0. The number of pyridine rings is 2. The molecule has 0 unspecified atom stereocenters. The Labute approximate surface area is 295 Å². The minimum absolute atomic E-state index is 0.00215. The van der Waals surface area contributed by atoms with Gasteiger partial charge in [-0.05, 0) is 44.4 Å². The molecular weight excluding hydrogens is 694 g/mol. The van der Waals surface area contributed by atoms with Crippen LogP contribution in [0, 0.1) is 12.7 Å². The van der Waals surface area contributed by atoms with Crippen LogP contribution in [0.15, 0.2) is 24.4 Å². The number of amides is 1. The van der Waals surface area contributed by atoms with Gasteiger partial charge in [-0.3, -0.25) is 9.69 Å². The smallest absolute Gasteiger partial charge is 0.418 e. The van der Waals surface area contributed by atoms with Crippen molar-refractivity contribution >= 4 is 45.9 Å². The lowest BCUT2D eigenvalue weighted by Crippen LogP contribution is -2.54. The quantitative estimate of drug-likeness (QED) is 0.246. The molecule has 51 heavy (non-hydrogen) atoms. The molecule has 0 aliphatic carbocycles. The number of ether oxygens (including phenoxy) is 2. The molecule has 3 aliphatic rings. The van der Waals surface area contributed by atoms with Crippen LogP contribution in [-0.2, 0) is 11.0 Å². The minimum atomic E-state index is -4.92. The summed E-state index contributed by atoms with van der Waals surface area (Å²) < 4.78 is 72.8. The summed E-state index contributed by atoms with van der Waals surface area (Å²) in [6.07, 6.45) is -1.69. The topological polar surface area (TPSA) is 149 Å². The fourth-order valence-electron chi connectivity index (χ4n) is 7.56. The standard InChI is InChI=1S/C34H36ClF4N9O3/c1-16-13-22(40)43-28(25(16)34(37,38)39)23-26(35)30-24-29(27(23)36)44-33(51-15-20-7-6-19-14-46(18(3)49)9-10-48(19)20)45-32(24)47(11-12-50-30)17(2)21-5-4-8-42-31(21)41/h4-5,8,13,17,19-20H,6-7,9-12,14-15H2,1-3H3,(H2,40,43)(H2,41,42)/t17-,19+,20+/m1/s1. The lowest BCUT2D eigenvalue weighted by atomic mass is 9.98. The lowest BCUT2D eigenvalue weighted by molar-refractivity contribution is -0.137. The van der Waals surface area contributed by atoms with Gasteiger partial charge >= 0.3 is 12.2 Å². The lowest BCUT2D eigenvalue weighted by Gasteiger charge is -2.39. The Hall–Kier alpha value is -4.70. The number of piperazine rings is 1. The predicted octanol–water partition coefficient (Wildman–Crippen LogP) is 5.40. The molecule has 0 spiro atoms. The van der Waals surface area contributed by atoms with Gasteiger partial charge in [0.25, 0.3) is 0 Å². The first-order valence-electron chi connectivity index (χ1n) is 16.6. The Morgan fingerprint density at radius 2 is 1.96 bits per heavy atom. The summed E-state index contributed by atoms with van der Waals surface area (Å²) in [4.78, 5) is 35.3. The summed E-state index contributed by atoms with van der Waals surface area (Å²) in [6.45, 7) is 6.90. The number of fused-ring (bicyclic) bond motifs is 1. The van der Waals surface area contributed by atoms with Gasteiger partial charge in [-0.15, -0.1) is 0 Å². The first kappa shape index (κ1) is 34.7. The molecule has 12 nitrogen and oxygen atoms in total. The van der Waals surface area contributed by atoms with Crippen molar-refractivity contribution < 1.29 is 31.8 Å². The number of nitrogen functional groups attached to an aromatic ring is 2. The van der Waals surface area contributed by atoms with Crippen molar-refractivity contribution in [2.45, 2.75) is 57.9 Å². The molecule has 2 saturated heterocycles. The van der Waals surface area contributed by atoms with Crippen LogP contribution in [0.1, 0.15) is 49.4 Å². The molecular formula is C34H36ClF4N9O3. The van der Waals surface area contributed by atoms with Crippen LogP contribution in [0.25, 0.3) is 22.2 Å². The van der Waals surface area contributed by atoms with E-state index in [1.165, 1.54) is 6.92 Å². The van der Waals surface area contributed by atoms with E-state index in [1.54, 1.807) is 25.3 Å². The molecule has 0 radical (unpaired) electrons. The number of alkyl halides is 3. The molecule has 6 heterocycles. The van der Waals surface area contributed by atoms with Crippen LogP contribution in [0.4, 0.5) is 35.0 Å². The number of hydrogen-bond donors (Lipinski definition) is 2. The van der Waals surface area contributed by atoms with Crippen molar-refractivity contribution in [1.82, 2.24) is 29.7 Å². The van der Waals surface area contributed by atoms with Crippen molar-refractivity contribution in [2.75, 3.05) is 55.8 Å². The van der Waals surface area contributed by atoms with Gasteiger partial charge in [-0.25, -0.2) is 14.4 Å². The molecule has 0 saturated carbocycles. The van der Waals surface area contributed by atoms with E-state index < -0.39 is 39.9 Å². The Morgan fingerprint density at radius 1 is 1.18 bits per heavy atom. The normalized spacial score (nSPS) is 19.8. The Morgan fingerprint density at radius 3 is 2.69 bits per heavy atom. The number of aromatic nitrogens is 4. The number of nitrogens with two attached hydrogens (primary N) is 2. The first-order chi connectivity index (χ1) is 24.2. The summed E-state index contributed by atoms with van der Waals surface area (Å²) in [5.41, 5.74) is 9.56. The maximum Gasteiger partial charge on any atom is 0.418 e. The Balaban J connectivity index is 1.37. The molecule has 3 aliphatic heterocycles. The van der Waals surface area contributed by atoms with E-state index in [0.717, 1.165) is 18.9 Å². The van der Waals surface area contributed by atoms with E-state index >= 15 is 4.39 Å². The van der Waals surface area contributed by atoms with Crippen LogP contribution in [0.2, 0.25) is 5.02 Å². The monoisotopic (exact) mass is 729 g/mol. The summed E-state index contributed by atoms with van der Waals surface area (Å²) in [5, 5.41) is -0.380. The van der Waals surface area contributed by atoms with Gasteiger partial charge in [-0.2, -0.15) is 23.1 Å². The number of benzene rings is 1. The van der Waals surface area contributed by atoms with Crippen LogP contribution in [0.3, 0.4) is 0 Å². The molecule has 7 rings (SSSR count). The summed E-state index contributed by atoms with van der Waals surface area (Å²) >= 11 is 6.81. The molecule has 270 valence electrons. The molecule has 4 aromatic rings. The zero-order valence-electron chi connectivity index (χ0n) is 28.1. The van der Waals surface area contributed by atoms with E-state index in [1.807, 2.05) is 16.7 Å². The van der Waals surface area contributed by atoms with Crippen molar-refractivity contribution in [1.29, 1.82) is 0 Å². The number of anilines is 3. The third-order valence-corrected chi connectivity index (χ3v) is 10.4. The van der Waals surface area contributed by atoms with E-state index in [9.17, 15) is 18.0 Å². The number of carbonyl (C=O) groups excluding carboxylic acids is 1. The van der Waals surface area contributed by atoms with Gasteiger partial charge < -0.3 is 30.7 Å². The van der Waals surface area contributed by atoms with Gasteiger partial charge in [0, 0.05) is 50.4 Å². The van der Waals surface area contributed by atoms with Gasteiger partial charge in [0.05, 0.1) is 39.8 Å². The van der Waals surface area contributed by atoms with E-state index in [4.69, 9.17) is 37.5 Å². The Kier molecular flexibility index (Phi) is 8.94. The number of rotatable bonds is 6. The van der Waals surface area contributed by atoms with Crippen molar-refractivity contribution in [2.24, 2.45) is 0 Å². The van der Waals surface area contributed by atoms with Crippen molar-refractivity contribution in [3.05, 3.63) is 51.9 Å². The highest BCUT2D eigenvalue weighted by atomic mass is 35.5. The van der Waals surface area contributed by atoms with Gasteiger partial charge in [0.1, 0.15) is 36.2 Å². The molecule has 0 bridgehead atoms. The van der Waals surface area contributed by atoms with Crippen LogP contribution in [0.5, 0.6) is 11.8 Å². The van der Waals surface area contributed by atoms with Gasteiger partial charge in [-0.1, -0.05) is 17.7 Å². The maximum absolute atomic E-state index is 17.0. The summed E-state index contributed by atoms with van der Waals surface area (Å²) in [5.74, 6) is -1.02. The second-order valence-corrected chi connectivity index (χ2v) is 13.4. The van der Waals surface area contributed by atoms with E-state index in [2.05, 4.69) is 19.9 Å².